The van der Waals surface area contributed by atoms with Crippen LogP contribution in [0.1, 0.15) is 11.5 Å². The Hall–Kier alpha value is -1.35. The highest BCUT2D eigenvalue weighted by molar-refractivity contribution is 6.16. The molecule has 0 aliphatic heterocycles. The highest BCUT2D eigenvalue weighted by atomic mass is 35.5. The monoisotopic (exact) mass is 209 g/mol. The molecule has 0 aliphatic carbocycles. The highest BCUT2D eigenvalue weighted by Crippen LogP contribution is 2.13. The number of nitrogens with zero attached hydrogens (tertiary/aromatic N) is 1. The molecule has 0 N–H and O–H groups in total. The number of fused-ring (bicyclic) bond motifs is 1. The van der Waals surface area contributed by atoms with E-state index >= 15 is 0 Å². The Kier molecular flexibility index (Phi) is 2.25. The summed E-state index contributed by atoms with van der Waals surface area (Å²) in [6.45, 7) is 1.85. The number of benzene rings is 1. The maximum absolute atomic E-state index is 11.5. The fourth-order valence-corrected chi connectivity index (χ4v) is 1.50. The van der Waals surface area contributed by atoms with Crippen LogP contribution in [-0.4, -0.2) is 4.98 Å². The first kappa shape index (κ1) is 9.21. The van der Waals surface area contributed by atoms with E-state index in [0.29, 0.717) is 10.9 Å². The summed E-state index contributed by atoms with van der Waals surface area (Å²) < 4.78 is 4.92. The average molecular weight is 210 g/mol. The zero-order valence-electron chi connectivity index (χ0n) is 7.58. The Morgan fingerprint density at radius 3 is 3.00 bits per heavy atom. The summed E-state index contributed by atoms with van der Waals surface area (Å²) in [4.78, 5) is 15.6. The lowest BCUT2D eigenvalue weighted by atomic mass is 10.1. The molecule has 1 aromatic heterocycles. The quantitative estimate of drug-likeness (QED) is 0.677. The predicted molar refractivity (Wildman–Crippen MR) is 54.6 cm³/mol. The van der Waals surface area contributed by atoms with Gasteiger partial charge in [-0.1, -0.05) is 12.1 Å². The molecule has 0 saturated heterocycles. The molecule has 0 atom stereocenters. The Bertz CT molecular complexity index is 533. The fraction of sp³-hybridized carbons (Fsp3) is 0.200. The summed E-state index contributed by atoms with van der Waals surface area (Å²) in [5, 5.41) is 0.529. The number of aryl methyl sites for hydroxylation is 1. The largest absolute Gasteiger partial charge is 0.407 e. The van der Waals surface area contributed by atoms with Gasteiger partial charge in [0.15, 0.2) is 0 Å². The van der Waals surface area contributed by atoms with Gasteiger partial charge in [0.1, 0.15) is 0 Å². The molecule has 14 heavy (non-hydrogen) atoms. The molecule has 0 amide bonds. The van der Waals surface area contributed by atoms with Gasteiger partial charge in [-0.2, -0.15) is 0 Å². The smallest absolute Gasteiger partial charge is 0.347 e. The molecule has 72 valence electrons. The third kappa shape index (κ3) is 1.40. The highest BCUT2D eigenvalue weighted by Gasteiger charge is 2.06. The van der Waals surface area contributed by atoms with Gasteiger partial charge in [0.2, 0.25) is 5.89 Å². The van der Waals surface area contributed by atoms with Crippen molar-refractivity contribution in [3.8, 4) is 0 Å². The number of halogens is 1. The number of rotatable bonds is 1. The summed E-state index contributed by atoms with van der Waals surface area (Å²) in [6, 6.07) is 5.47. The van der Waals surface area contributed by atoms with Crippen molar-refractivity contribution in [2.24, 2.45) is 0 Å². The SMILES string of the molecule is Cc1cccc2nc(CCl)oc(=O)c12. The van der Waals surface area contributed by atoms with Crippen molar-refractivity contribution >= 4 is 22.5 Å². The van der Waals surface area contributed by atoms with Gasteiger partial charge in [0.05, 0.1) is 16.8 Å². The van der Waals surface area contributed by atoms with Gasteiger partial charge in [-0.3, -0.25) is 0 Å². The Morgan fingerprint density at radius 1 is 1.50 bits per heavy atom. The summed E-state index contributed by atoms with van der Waals surface area (Å²) in [5.41, 5.74) is 1.13. The molecule has 0 aliphatic rings. The third-order valence-electron chi connectivity index (χ3n) is 2.02. The lowest BCUT2D eigenvalue weighted by molar-refractivity contribution is 0.462. The lowest BCUT2D eigenvalue weighted by Crippen LogP contribution is -2.05. The molecule has 0 saturated carbocycles. The molecule has 0 spiro atoms. The van der Waals surface area contributed by atoms with Gasteiger partial charge in [-0.15, -0.1) is 11.6 Å². The van der Waals surface area contributed by atoms with E-state index < -0.39 is 0 Å². The molecule has 2 aromatic rings. The zero-order chi connectivity index (χ0) is 10.1. The normalized spacial score (nSPS) is 10.7. The molecule has 1 aromatic carbocycles. The molecule has 0 fully saturated rings. The van der Waals surface area contributed by atoms with Gasteiger partial charge >= 0.3 is 5.63 Å². The Balaban J connectivity index is 2.90. The van der Waals surface area contributed by atoms with Gasteiger partial charge in [-0.25, -0.2) is 9.78 Å². The predicted octanol–water partition coefficient (Wildman–Crippen LogP) is 2.24. The first-order valence-corrected chi connectivity index (χ1v) is 4.71. The van der Waals surface area contributed by atoms with Crippen LogP contribution in [-0.2, 0) is 5.88 Å². The van der Waals surface area contributed by atoms with Crippen LogP contribution < -0.4 is 5.63 Å². The van der Waals surface area contributed by atoms with Crippen LogP contribution in [0.2, 0.25) is 0 Å². The summed E-state index contributed by atoms with van der Waals surface area (Å²) >= 11 is 5.54. The van der Waals surface area contributed by atoms with E-state index in [9.17, 15) is 4.79 Å². The molecular formula is C10H8ClNO2. The number of hydrogen-bond donors (Lipinski definition) is 0. The minimum atomic E-state index is -0.372. The van der Waals surface area contributed by atoms with E-state index in [-0.39, 0.29) is 17.4 Å². The van der Waals surface area contributed by atoms with Crippen molar-refractivity contribution in [3.63, 3.8) is 0 Å². The van der Waals surface area contributed by atoms with E-state index in [1.165, 1.54) is 0 Å². The van der Waals surface area contributed by atoms with E-state index in [4.69, 9.17) is 16.0 Å². The van der Waals surface area contributed by atoms with Crippen LogP contribution in [0.5, 0.6) is 0 Å². The number of hydrogen-bond acceptors (Lipinski definition) is 3. The van der Waals surface area contributed by atoms with Crippen molar-refractivity contribution in [1.82, 2.24) is 4.98 Å². The van der Waals surface area contributed by atoms with Crippen molar-refractivity contribution in [2.75, 3.05) is 0 Å². The summed E-state index contributed by atoms with van der Waals surface area (Å²) in [7, 11) is 0. The van der Waals surface area contributed by atoms with Crippen molar-refractivity contribution < 1.29 is 4.42 Å². The molecule has 3 nitrogen and oxygen atoms in total. The van der Waals surface area contributed by atoms with E-state index in [2.05, 4.69) is 4.98 Å². The first-order chi connectivity index (χ1) is 6.72. The van der Waals surface area contributed by atoms with E-state index in [0.717, 1.165) is 5.56 Å². The van der Waals surface area contributed by atoms with Crippen LogP contribution in [0.4, 0.5) is 0 Å². The van der Waals surface area contributed by atoms with Crippen molar-refractivity contribution in [3.05, 3.63) is 40.1 Å². The van der Waals surface area contributed by atoms with Gasteiger partial charge < -0.3 is 4.42 Å². The molecule has 0 bridgehead atoms. The third-order valence-corrected chi connectivity index (χ3v) is 2.25. The molecule has 4 heteroatoms. The van der Waals surface area contributed by atoms with Crippen LogP contribution in [0.3, 0.4) is 0 Å². The van der Waals surface area contributed by atoms with E-state index in [1.54, 1.807) is 6.07 Å². The topological polar surface area (TPSA) is 43.1 Å². The standard InChI is InChI=1S/C10H8ClNO2/c1-6-3-2-4-7-9(6)10(13)14-8(5-11)12-7/h2-4H,5H2,1H3. The van der Waals surface area contributed by atoms with Gasteiger partial charge in [-0.05, 0) is 18.6 Å². The number of alkyl halides is 1. The van der Waals surface area contributed by atoms with Crippen LogP contribution in [0, 0.1) is 6.92 Å². The summed E-state index contributed by atoms with van der Waals surface area (Å²) in [5.74, 6) is 0.369. The van der Waals surface area contributed by atoms with Crippen LogP contribution >= 0.6 is 11.6 Å². The van der Waals surface area contributed by atoms with Gasteiger partial charge in [0.25, 0.3) is 0 Å². The van der Waals surface area contributed by atoms with Gasteiger partial charge in [0, 0.05) is 0 Å². The second-order valence-corrected chi connectivity index (χ2v) is 3.26. The first-order valence-electron chi connectivity index (χ1n) is 4.17. The molecule has 0 radical (unpaired) electrons. The molecule has 0 unspecified atom stereocenters. The molecule has 2 rings (SSSR count). The molecule has 1 heterocycles. The Morgan fingerprint density at radius 2 is 2.29 bits per heavy atom. The second-order valence-electron chi connectivity index (χ2n) is 3.00. The second kappa shape index (κ2) is 3.42. The fourth-order valence-electron chi connectivity index (χ4n) is 1.38. The van der Waals surface area contributed by atoms with Crippen LogP contribution in [0.15, 0.2) is 27.4 Å². The minimum Gasteiger partial charge on any atom is -0.407 e. The average Bonchev–Trinajstić information content (AvgIpc) is 2.17. The minimum absolute atomic E-state index is 0.110. The van der Waals surface area contributed by atoms with E-state index in [1.807, 2.05) is 19.1 Å². The van der Waals surface area contributed by atoms with Crippen LogP contribution in [0.25, 0.3) is 10.9 Å². The zero-order valence-corrected chi connectivity index (χ0v) is 8.34. The van der Waals surface area contributed by atoms with Crippen molar-refractivity contribution in [1.29, 1.82) is 0 Å². The maximum Gasteiger partial charge on any atom is 0.347 e. The number of aromatic nitrogens is 1. The molecular weight excluding hydrogens is 202 g/mol. The lowest BCUT2D eigenvalue weighted by Gasteiger charge is -2.00. The summed E-state index contributed by atoms with van der Waals surface area (Å²) in [6.07, 6.45) is 0. The Labute approximate surface area is 85.3 Å². The van der Waals surface area contributed by atoms with Crippen molar-refractivity contribution in [2.45, 2.75) is 12.8 Å². The maximum atomic E-state index is 11.5.